The maximum atomic E-state index is 2.44. The minimum atomic E-state index is -0.129. The van der Waals surface area contributed by atoms with Gasteiger partial charge in [0.2, 0.25) is 0 Å². The number of hydrogen-bond acceptors (Lipinski definition) is 1. The second-order valence-electron chi connectivity index (χ2n) is 15.3. The Morgan fingerprint density at radius 1 is 0.304 bits per heavy atom. The molecule has 266 valence electrons. The Hall–Kier alpha value is -6.96. The molecule has 10 rings (SSSR count). The van der Waals surface area contributed by atoms with Crippen molar-refractivity contribution in [3.05, 3.63) is 223 Å². The maximum Gasteiger partial charge on any atom is 0.0540 e. The van der Waals surface area contributed by atoms with Gasteiger partial charge in [-0.1, -0.05) is 178 Å². The van der Waals surface area contributed by atoms with Gasteiger partial charge in [0, 0.05) is 22.4 Å². The van der Waals surface area contributed by atoms with Crippen molar-refractivity contribution >= 4 is 27.8 Å². The average molecular weight is 716 g/mol. The van der Waals surface area contributed by atoms with Crippen LogP contribution in [0.1, 0.15) is 25.0 Å². The monoisotopic (exact) mass is 715 g/mol. The molecule has 56 heavy (non-hydrogen) atoms. The molecule has 0 unspecified atom stereocenters. The molecule has 0 radical (unpaired) electrons. The number of rotatable bonds is 7. The van der Waals surface area contributed by atoms with Crippen LogP contribution in [0.3, 0.4) is 0 Å². The number of benzene rings is 9. The van der Waals surface area contributed by atoms with E-state index in [1.54, 1.807) is 0 Å². The van der Waals surface area contributed by atoms with E-state index in [-0.39, 0.29) is 5.41 Å². The Morgan fingerprint density at radius 3 is 1.54 bits per heavy atom. The number of fused-ring (bicyclic) bond motifs is 4. The van der Waals surface area contributed by atoms with Crippen molar-refractivity contribution in [2.75, 3.05) is 4.90 Å². The van der Waals surface area contributed by atoms with E-state index >= 15 is 0 Å². The molecule has 0 bridgehead atoms. The van der Waals surface area contributed by atoms with Gasteiger partial charge in [0.25, 0.3) is 0 Å². The van der Waals surface area contributed by atoms with Crippen LogP contribution in [0.2, 0.25) is 0 Å². The van der Waals surface area contributed by atoms with Crippen molar-refractivity contribution in [1.82, 2.24) is 0 Å². The Labute approximate surface area is 329 Å². The molecule has 1 aliphatic carbocycles. The van der Waals surface area contributed by atoms with Crippen molar-refractivity contribution in [3.8, 4) is 55.6 Å². The van der Waals surface area contributed by atoms with E-state index < -0.39 is 0 Å². The van der Waals surface area contributed by atoms with Gasteiger partial charge in [-0.2, -0.15) is 0 Å². The smallest absolute Gasteiger partial charge is 0.0540 e. The molecule has 0 aromatic heterocycles. The summed E-state index contributed by atoms with van der Waals surface area (Å²) in [6.07, 6.45) is 0. The minimum absolute atomic E-state index is 0.129. The summed E-state index contributed by atoms with van der Waals surface area (Å²) in [6, 6.07) is 77.6. The van der Waals surface area contributed by atoms with E-state index in [1.165, 1.54) is 77.5 Å². The highest BCUT2D eigenvalue weighted by atomic mass is 15.1. The maximum absolute atomic E-state index is 2.44. The first kappa shape index (κ1) is 33.6. The summed E-state index contributed by atoms with van der Waals surface area (Å²) in [7, 11) is 0. The van der Waals surface area contributed by atoms with Crippen molar-refractivity contribution in [2.24, 2.45) is 0 Å². The highest BCUT2D eigenvalue weighted by molar-refractivity contribution is 5.99. The summed E-state index contributed by atoms with van der Waals surface area (Å²) < 4.78 is 0. The fraction of sp³-hybridized carbons (Fsp3) is 0.0545. The first-order chi connectivity index (χ1) is 27.5. The van der Waals surface area contributed by atoms with Crippen LogP contribution in [0, 0.1) is 0 Å². The second kappa shape index (κ2) is 13.7. The number of nitrogens with zero attached hydrogens (tertiary/aromatic N) is 1. The zero-order valence-electron chi connectivity index (χ0n) is 31.7. The lowest BCUT2D eigenvalue weighted by Gasteiger charge is -2.29. The summed E-state index contributed by atoms with van der Waals surface area (Å²) in [6.45, 7) is 4.74. The van der Waals surface area contributed by atoms with Gasteiger partial charge in [0.15, 0.2) is 0 Å². The summed E-state index contributed by atoms with van der Waals surface area (Å²) in [5.74, 6) is 0. The van der Waals surface area contributed by atoms with Crippen LogP contribution in [-0.2, 0) is 5.41 Å². The van der Waals surface area contributed by atoms with Crippen LogP contribution in [0.25, 0.3) is 66.4 Å². The van der Waals surface area contributed by atoms with E-state index in [0.29, 0.717) is 0 Å². The van der Waals surface area contributed by atoms with Gasteiger partial charge >= 0.3 is 0 Å². The first-order valence-electron chi connectivity index (χ1n) is 19.5. The van der Waals surface area contributed by atoms with Crippen LogP contribution in [0.4, 0.5) is 17.1 Å². The Bertz CT molecular complexity index is 2870. The molecule has 1 aliphatic rings. The highest BCUT2D eigenvalue weighted by Gasteiger charge is 2.36. The van der Waals surface area contributed by atoms with Gasteiger partial charge in [-0.15, -0.1) is 0 Å². The van der Waals surface area contributed by atoms with E-state index in [4.69, 9.17) is 0 Å². The zero-order chi connectivity index (χ0) is 37.6. The van der Waals surface area contributed by atoms with Crippen molar-refractivity contribution in [2.45, 2.75) is 19.3 Å². The third kappa shape index (κ3) is 5.72. The molecule has 0 saturated carbocycles. The van der Waals surface area contributed by atoms with Gasteiger partial charge in [-0.3, -0.25) is 0 Å². The van der Waals surface area contributed by atoms with E-state index in [2.05, 4.69) is 231 Å². The second-order valence-corrected chi connectivity index (χ2v) is 15.3. The zero-order valence-corrected chi connectivity index (χ0v) is 31.7. The largest absolute Gasteiger partial charge is 0.310 e. The number of hydrogen-bond donors (Lipinski definition) is 0. The average Bonchev–Trinajstić information content (AvgIpc) is 3.48. The molecule has 0 amide bonds. The Kier molecular flexibility index (Phi) is 8.23. The normalized spacial score (nSPS) is 12.6. The molecule has 0 N–H and O–H groups in total. The minimum Gasteiger partial charge on any atom is -0.310 e. The molecule has 0 fully saturated rings. The van der Waals surface area contributed by atoms with Crippen molar-refractivity contribution in [3.63, 3.8) is 0 Å². The van der Waals surface area contributed by atoms with Gasteiger partial charge in [-0.05, 0) is 121 Å². The lowest BCUT2D eigenvalue weighted by Crippen LogP contribution is -2.15. The third-order valence-electron chi connectivity index (χ3n) is 11.7. The lowest BCUT2D eigenvalue weighted by molar-refractivity contribution is 0.661. The number of para-hydroxylation sites is 2. The van der Waals surface area contributed by atoms with Gasteiger partial charge in [-0.25, -0.2) is 0 Å². The fourth-order valence-corrected chi connectivity index (χ4v) is 8.87. The molecule has 9 aromatic rings. The quantitative estimate of drug-likeness (QED) is 0.159. The SMILES string of the molecule is CC1(C)c2ccc(N(c3ccccc3)c3ccccc3-c3ccccc3-c3ccccc3-c3ccccc3)cc2-c2cc3cc(-c4ccccc4)ccc3cc21. The Balaban J connectivity index is 1.14. The first-order valence-corrected chi connectivity index (χ1v) is 19.5. The molecular formula is C55H41N. The van der Waals surface area contributed by atoms with Gasteiger partial charge in [0.1, 0.15) is 0 Å². The summed E-state index contributed by atoms with van der Waals surface area (Å²) in [5.41, 5.74) is 18.3. The third-order valence-corrected chi connectivity index (χ3v) is 11.7. The van der Waals surface area contributed by atoms with Crippen LogP contribution < -0.4 is 4.90 Å². The highest BCUT2D eigenvalue weighted by Crippen LogP contribution is 2.53. The van der Waals surface area contributed by atoms with Gasteiger partial charge in [0.05, 0.1) is 5.69 Å². The van der Waals surface area contributed by atoms with Crippen LogP contribution >= 0.6 is 0 Å². The predicted octanol–water partition coefficient (Wildman–Crippen LogP) is 15.3. The molecule has 9 aromatic carbocycles. The predicted molar refractivity (Wildman–Crippen MR) is 238 cm³/mol. The number of anilines is 3. The fourth-order valence-electron chi connectivity index (χ4n) is 8.87. The Morgan fingerprint density at radius 2 is 0.839 bits per heavy atom. The standard InChI is InChI=1S/C55H41N/c1-55(2)52-33-32-44(37-51(52)50-35-42-34-40(38-18-6-3-7-19-38)30-31-41(42)36-53(50)55)56(43-22-10-5-11-23-43)54-29-17-16-28-49(54)48-27-15-14-26-47(48)46-25-13-12-24-45(46)39-20-8-4-9-21-39/h3-37H,1-2H3. The van der Waals surface area contributed by atoms with Crippen LogP contribution in [0.5, 0.6) is 0 Å². The van der Waals surface area contributed by atoms with Crippen molar-refractivity contribution in [1.29, 1.82) is 0 Å². The summed E-state index contributed by atoms with van der Waals surface area (Å²) >= 11 is 0. The van der Waals surface area contributed by atoms with Crippen molar-refractivity contribution < 1.29 is 0 Å². The van der Waals surface area contributed by atoms with E-state index in [0.717, 1.165) is 17.1 Å². The molecule has 0 aliphatic heterocycles. The van der Waals surface area contributed by atoms with Gasteiger partial charge < -0.3 is 4.90 Å². The van der Waals surface area contributed by atoms with E-state index in [1.807, 2.05) is 0 Å². The molecule has 1 heteroatoms. The topological polar surface area (TPSA) is 3.24 Å². The molecule has 0 atom stereocenters. The van der Waals surface area contributed by atoms with Crippen LogP contribution in [-0.4, -0.2) is 0 Å². The molecular weight excluding hydrogens is 675 g/mol. The summed E-state index contributed by atoms with van der Waals surface area (Å²) in [5, 5.41) is 2.54. The molecule has 0 saturated heterocycles. The molecule has 1 nitrogen and oxygen atoms in total. The lowest BCUT2D eigenvalue weighted by atomic mass is 9.81. The molecule has 0 heterocycles. The van der Waals surface area contributed by atoms with Crippen LogP contribution in [0.15, 0.2) is 212 Å². The summed E-state index contributed by atoms with van der Waals surface area (Å²) in [4.78, 5) is 2.44. The van der Waals surface area contributed by atoms with E-state index in [9.17, 15) is 0 Å². The molecule has 0 spiro atoms.